The number of anilines is 1. The van der Waals surface area contributed by atoms with Crippen LogP contribution in [0.15, 0.2) is 48.5 Å². The highest BCUT2D eigenvalue weighted by Crippen LogP contribution is 2.36. The lowest BCUT2D eigenvalue weighted by Gasteiger charge is -2.12. The van der Waals surface area contributed by atoms with Crippen LogP contribution < -0.4 is 5.32 Å². The van der Waals surface area contributed by atoms with Gasteiger partial charge in [0, 0.05) is 22.7 Å². The zero-order chi connectivity index (χ0) is 19.0. The average molecular weight is 392 g/mol. The van der Waals surface area contributed by atoms with Gasteiger partial charge in [-0.15, -0.1) is 0 Å². The van der Waals surface area contributed by atoms with Gasteiger partial charge in [-0.2, -0.15) is 18.3 Å². The molecular formula is C20H17ClF3N3. The normalized spacial score (nSPS) is 14.4. The van der Waals surface area contributed by atoms with Gasteiger partial charge in [0.25, 0.3) is 0 Å². The van der Waals surface area contributed by atoms with Crippen molar-refractivity contribution in [3.05, 3.63) is 64.7 Å². The molecule has 3 aromatic rings. The molecule has 0 unspecified atom stereocenters. The Morgan fingerprint density at radius 1 is 1.04 bits per heavy atom. The van der Waals surface area contributed by atoms with Crippen molar-refractivity contribution < 1.29 is 13.2 Å². The molecule has 7 heteroatoms. The molecule has 0 radical (unpaired) electrons. The quantitative estimate of drug-likeness (QED) is 0.584. The number of rotatable bonds is 2. The lowest BCUT2D eigenvalue weighted by Crippen LogP contribution is -2.09. The molecule has 0 bridgehead atoms. The van der Waals surface area contributed by atoms with Crippen molar-refractivity contribution in [2.45, 2.75) is 25.4 Å². The lowest BCUT2D eigenvalue weighted by molar-refractivity contribution is -0.137. The number of nitrogens with one attached hydrogen (secondary N) is 1. The third-order valence-corrected chi connectivity index (χ3v) is 4.92. The highest BCUT2D eigenvalue weighted by molar-refractivity contribution is 6.30. The molecule has 1 aliphatic heterocycles. The van der Waals surface area contributed by atoms with Crippen LogP contribution in [0.2, 0.25) is 5.02 Å². The summed E-state index contributed by atoms with van der Waals surface area (Å²) < 4.78 is 41.0. The first-order valence-electron chi connectivity index (χ1n) is 8.73. The van der Waals surface area contributed by atoms with Crippen molar-refractivity contribution in [2.24, 2.45) is 0 Å². The Kier molecular flexibility index (Phi) is 4.60. The summed E-state index contributed by atoms with van der Waals surface area (Å²) >= 11 is 5.99. The number of aromatic nitrogens is 2. The Labute approximate surface area is 159 Å². The van der Waals surface area contributed by atoms with E-state index in [0.29, 0.717) is 10.7 Å². The Morgan fingerprint density at radius 3 is 2.56 bits per heavy atom. The molecular weight excluding hydrogens is 375 g/mol. The standard InChI is InChI=1S/C20H17ClF3N3/c21-15-9-7-13(8-10-15)18-17-6-1-2-11-25-19(17)27(26-18)16-5-3-4-14(12-16)20(22,23)24/h3-5,7-10,12,25H,1-2,6,11H2. The highest BCUT2D eigenvalue weighted by atomic mass is 35.5. The number of hydrogen-bond donors (Lipinski definition) is 1. The second kappa shape index (κ2) is 6.93. The van der Waals surface area contributed by atoms with E-state index in [-0.39, 0.29) is 0 Å². The van der Waals surface area contributed by atoms with Crippen molar-refractivity contribution in [3.8, 4) is 16.9 Å². The SMILES string of the molecule is FC(F)(F)c1cccc(-n2nc(-c3ccc(Cl)cc3)c3c2NCCCC3)c1. The van der Waals surface area contributed by atoms with Crippen molar-refractivity contribution >= 4 is 17.4 Å². The van der Waals surface area contributed by atoms with Gasteiger partial charge in [-0.25, -0.2) is 4.68 Å². The molecule has 0 fully saturated rings. The molecule has 2 heterocycles. The molecule has 0 aliphatic carbocycles. The molecule has 0 saturated heterocycles. The summed E-state index contributed by atoms with van der Waals surface area (Å²) in [6.07, 6.45) is -1.59. The summed E-state index contributed by atoms with van der Waals surface area (Å²) in [7, 11) is 0. The summed E-state index contributed by atoms with van der Waals surface area (Å²) in [6.45, 7) is 0.762. The number of nitrogens with zero attached hydrogens (tertiary/aromatic N) is 2. The van der Waals surface area contributed by atoms with Gasteiger partial charge in [0.05, 0.1) is 16.9 Å². The number of halogens is 4. The lowest BCUT2D eigenvalue weighted by atomic mass is 10.0. The van der Waals surface area contributed by atoms with Gasteiger partial charge in [0.2, 0.25) is 0 Å². The zero-order valence-corrected chi connectivity index (χ0v) is 15.1. The van der Waals surface area contributed by atoms with E-state index in [4.69, 9.17) is 11.6 Å². The van der Waals surface area contributed by atoms with Crippen LogP contribution in [-0.2, 0) is 12.6 Å². The van der Waals surface area contributed by atoms with E-state index in [1.165, 1.54) is 6.07 Å². The third-order valence-electron chi connectivity index (χ3n) is 4.67. The zero-order valence-electron chi connectivity index (χ0n) is 14.4. The summed E-state index contributed by atoms with van der Waals surface area (Å²) in [5.41, 5.74) is 2.38. The first kappa shape index (κ1) is 17.9. The molecule has 0 amide bonds. The van der Waals surface area contributed by atoms with E-state index in [0.717, 1.165) is 60.6 Å². The van der Waals surface area contributed by atoms with Crippen LogP contribution in [0.25, 0.3) is 16.9 Å². The first-order chi connectivity index (χ1) is 12.9. The van der Waals surface area contributed by atoms with Crippen LogP contribution in [0.5, 0.6) is 0 Å². The van der Waals surface area contributed by atoms with E-state index >= 15 is 0 Å². The van der Waals surface area contributed by atoms with Gasteiger partial charge < -0.3 is 5.32 Å². The fourth-order valence-corrected chi connectivity index (χ4v) is 3.47. The summed E-state index contributed by atoms with van der Waals surface area (Å²) in [6, 6.07) is 12.6. The van der Waals surface area contributed by atoms with Crippen molar-refractivity contribution in [1.29, 1.82) is 0 Å². The average Bonchev–Trinajstić information content (AvgIpc) is 2.83. The molecule has 1 aliphatic rings. The van der Waals surface area contributed by atoms with Gasteiger partial charge >= 0.3 is 6.18 Å². The van der Waals surface area contributed by atoms with Crippen molar-refractivity contribution in [3.63, 3.8) is 0 Å². The maximum atomic E-state index is 13.1. The predicted molar refractivity (Wildman–Crippen MR) is 100 cm³/mol. The predicted octanol–water partition coefficient (Wildman–Crippen LogP) is 5.96. The number of benzene rings is 2. The van der Waals surface area contributed by atoms with E-state index in [2.05, 4.69) is 10.4 Å². The number of alkyl halides is 3. The Balaban J connectivity index is 1.88. The van der Waals surface area contributed by atoms with E-state index < -0.39 is 11.7 Å². The molecule has 1 aromatic heterocycles. The summed E-state index contributed by atoms with van der Waals surface area (Å²) in [4.78, 5) is 0. The van der Waals surface area contributed by atoms with Gasteiger partial charge in [-0.1, -0.05) is 29.8 Å². The molecule has 4 rings (SSSR count). The van der Waals surface area contributed by atoms with E-state index in [9.17, 15) is 13.2 Å². The second-order valence-corrected chi connectivity index (χ2v) is 6.96. The Bertz CT molecular complexity index is 962. The van der Waals surface area contributed by atoms with E-state index in [1.807, 2.05) is 12.1 Å². The topological polar surface area (TPSA) is 29.9 Å². The maximum Gasteiger partial charge on any atom is 0.416 e. The molecule has 3 nitrogen and oxygen atoms in total. The van der Waals surface area contributed by atoms with Gasteiger partial charge in [-0.05, 0) is 49.6 Å². The fraction of sp³-hybridized carbons (Fsp3) is 0.250. The molecule has 1 N–H and O–H groups in total. The minimum Gasteiger partial charge on any atom is -0.370 e. The Hall–Kier alpha value is -2.47. The Morgan fingerprint density at radius 2 is 1.81 bits per heavy atom. The minimum atomic E-state index is -4.40. The smallest absolute Gasteiger partial charge is 0.370 e. The maximum absolute atomic E-state index is 13.1. The van der Waals surface area contributed by atoms with Gasteiger partial charge in [0.1, 0.15) is 5.82 Å². The monoisotopic (exact) mass is 391 g/mol. The summed E-state index contributed by atoms with van der Waals surface area (Å²) in [5.74, 6) is 0.761. The number of hydrogen-bond acceptors (Lipinski definition) is 2. The van der Waals surface area contributed by atoms with Crippen molar-refractivity contribution in [1.82, 2.24) is 9.78 Å². The van der Waals surface area contributed by atoms with Crippen LogP contribution >= 0.6 is 11.6 Å². The minimum absolute atomic E-state index is 0.385. The molecule has 0 saturated carbocycles. The van der Waals surface area contributed by atoms with Crippen molar-refractivity contribution in [2.75, 3.05) is 11.9 Å². The molecule has 0 spiro atoms. The largest absolute Gasteiger partial charge is 0.416 e. The van der Waals surface area contributed by atoms with Crippen LogP contribution in [-0.4, -0.2) is 16.3 Å². The fourth-order valence-electron chi connectivity index (χ4n) is 3.34. The summed E-state index contributed by atoms with van der Waals surface area (Å²) in [5, 5.41) is 8.64. The first-order valence-corrected chi connectivity index (χ1v) is 9.10. The van der Waals surface area contributed by atoms with Gasteiger partial charge in [0.15, 0.2) is 0 Å². The third kappa shape index (κ3) is 3.54. The van der Waals surface area contributed by atoms with Crippen LogP contribution in [0, 0.1) is 0 Å². The number of fused-ring (bicyclic) bond motifs is 1. The van der Waals surface area contributed by atoms with E-state index in [1.54, 1.807) is 22.9 Å². The molecule has 140 valence electrons. The molecule has 2 aromatic carbocycles. The highest BCUT2D eigenvalue weighted by Gasteiger charge is 2.31. The van der Waals surface area contributed by atoms with Crippen LogP contribution in [0.3, 0.4) is 0 Å². The molecule has 0 atom stereocenters. The van der Waals surface area contributed by atoms with Gasteiger partial charge in [-0.3, -0.25) is 0 Å². The van der Waals surface area contributed by atoms with Crippen LogP contribution in [0.4, 0.5) is 19.0 Å². The second-order valence-electron chi connectivity index (χ2n) is 6.53. The molecule has 27 heavy (non-hydrogen) atoms. The van der Waals surface area contributed by atoms with Crippen LogP contribution in [0.1, 0.15) is 24.0 Å².